The molecule has 0 bridgehead atoms. The molecule has 0 spiro atoms. The second-order valence-corrected chi connectivity index (χ2v) is 9.16. The predicted molar refractivity (Wildman–Crippen MR) is 131 cm³/mol. The molecule has 0 fully saturated rings. The fraction of sp³-hybridized carbons (Fsp3) is 0.286. The van der Waals surface area contributed by atoms with Gasteiger partial charge in [-0.1, -0.05) is 66.7 Å². The van der Waals surface area contributed by atoms with E-state index in [9.17, 15) is 14.0 Å². The molecule has 3 aromatic carbocycles. The summed E-state index contributed by atoms with van der Waals surface area (Å²) in [5, 5.41) is 2.98. The van der Waals surface area contributed by atoms with E-state index < -0.39 is 23.3 Å². The Hall–Kier alpha value is -3.67. The molecule has 1 atom stereocenters. The number of amides is 2. The van der Waals surface area contributed by atoms with E-state index in [4.69, 9.17) is 4.74 Å². The number of para-hydroxylation sites is 1. The van der Waals surface area contributed by atoms with E-state index in [1.165, 1.54) is 11.0 Å². The van der Waals surface area contributed by atoms with E-state index in [1.54, 1.807) is 30.3 Å². The van der Waals surface area contributed by atoms with Crippen LogP contribution in [0.1, 0.15) is 31.9 Å². The molecule has 3 aromatic rings. The van der Waals surface area contributed by atoms with Crippen molar-refractivity contribution in [2.45, 2.75) is 45.3 Å². The van der Waals surface area contributed by atoms with Crippen molar-refractivity contribution in [1.29, 1.82) is 0 Å². The quantitative estimate of drug-likeness (QED) is 0.499. The van der Waals surface area contributed by atoms with Crippen LogP contribution in [0, 0.1) is 5.82 Å². The third-order valence-corrected chi connectivity index (χ3v) is 5.17. The minimum atomic E-state index is -0.854. The fourth-order valence-corrected chi connectivity index (χ4v) is 3.56. The first kappa shape index (κ1) is 25.0. The molecule has 6 heteroatoms. The summed E-state index contributed by atoms with van der Waals surface area (Å²) in [6.07, 6.45) is 0.286. The van der Waals surface area contributed by atoms with Crippen molar-refractivity contribution in [2.24, 2.45) is 0 Å². The van der Waals surface area contributed by atoms with Gasteiger partial charge in [0.15, 0.2) is 6.61 Å². The topological polar surface area (TPSA) is 58.6 Å². The van der Waals surface area contributed by atoms with Crippen LogP contribution in [0.5, 0.6) is 5.75 Å². The number of halogens is 1. The van der Waals surface area contributed by atoms with Crippen LogP contribution >= 0.6 is 0 Å². The summed E-state index contributed by atoms with van der Waals surface area (Å²) < 4.78 is 20.2. The number of rotatable bonds is 9. The lowest BCUT2D eigenvalue weighted by molar-refractivity contribution is -0.143. The van der Waals surface area contributed by atoms with Gasteiger partial charge in [0.2, 0.25) is 5.91 Å². The van der Waals surface area contributed by atoms with Crippen molar-refractivity contribution in [3.63, 3.8) is 0 Å². The SMILES string of the molecule is CC(C)(C)NC(=O)[C@@H](Cc1ccccc1)N(Cc1ccccc1F)C(=O)COc1ccccc1. The number of ether oxygens (including phenoxy) is 1. The lowest BCUT2D eigenvalue weighted by Crippen LogP contribution is -2.55. The van der Waals surface area contributed by atoms with Crippen molar-refractivity contribution >= 4 is 11.8 Å². The highest BCUT2D eigenvalue weighted by Crippen LogP contribution is 2.18. The Morgan fingerprint density at radius 3 is 2.12 bits per heavy atom. The molecule has 3 rings (SSSR count). The van der Waals surface area contributed by atoms with Crippen LogP contribution in [0.3, 0.4) is 0 Å². The molecule has 5 nitrogen and oxygen atoms in total. The van der Waals surface area contributed by atoms with Crippen LogP contribution in [-0.2, 0) is 22.6 Å². The zero-order valence-corrected chi connectivity index (χ0v) is 19.8. The monoisotopic (exact) mass is 462 g/mol. The Morgan fingerprint density at radius 1 is 0.912 bits per heavy atom. The number of carbonyl (C=O) groups excluding carboxylic acids is 2. The molecular formula is C28H31FN2O3. The van der Waals surface area contributed by atoms with Crippen molar-refractivity contribution in [2.75, 3.05) is 6.61 Å². The van der Waals surface area contributed by atoms with Crippen LogP contribution in [-0.4, -0.2) is 34.9 Å². The number of hydrogen-bond acceptors (Lipinski definition) is 3. The normalized spacial score (nSPS) is 12.0. The van der Waals surface area contributed by atoms with Gasteiger partial charge in [0.1, 0.15) is 17.6 Å². The van der Waals surface area contributed by atoms with E-state index >= 15 is 0 Å². The number of hydrogen-bond donors (Lipinski definition) is 1. The molecule has 0 aliphatic rings. The highest BCUT2D eigenvalue weighted by molar-refractivity contribution is 5.89. The van der Waals surface area contributed by atoms with Gasteiger partial charge in [-0.05, 0) is 44.5 Å². The Labute approximate surface area is 200 Å². The summed E-state index contributed by atoms with van der Waals surface area (Å²) in [7, 11) is 0. The number of nitrogens with zero attached hydrogens (tertiary/aromatic N) is 1. The summed E-state index contributed by atoms with van der Waals surface area (Å²) in [6.45, 7) is 5.31. The first-order valence-corrected chi connectivity index (χ1v) is 11.3. The molecule has 0 aromatic heterocycles. The summed E-state index contributed by atoms with van der Waals surface area (Å²) in [5.41, 5.74) is 0.725. The average molecular weight is 463 g/mol. The van der Waals surface area contributed by atoms with Gasteiger partial charge in [-0.25, -0.2) is 4.39 Å². The molecule has 0 aliphatic carbocycles. The van der Waals surface area contributed by atoms with Gasteiger partial charge in [0.25, 0.3) is 5.91 Å². The number of benzene rings is 3. The van der Waals surface area contributed by atoms with Gasteiger partial charge >= 0.3 is 0 Å². The van der Waals surface area contributed by atoms with Crippen LogP contribution in [0.25, 0.3) is 0 Å². The molecule has 178 valence electrons. The van der Waals surface area contributed by atoms with E-state index in [1.807, 2.05) is 69.3 Å². The molecule has 0 saturated carbocycles. The standard InChI is InChI=1S/C28H31FN2O3/c1-28(2,3)30-27(33)25(18-21-12-6-4-7-13-21)31(19-22-14-10-11-17-24(22)29)26(32)20-34-23-15-8-5-9-16-23/h4-17,25H,18-20H2,1-3H3,(H,30,33)/t25-/m1/s1. The minimum absolute atomic E-state index is 0.0568. The van der Waals surface area contributed by atoms with Gasteiger partial charge in [-0.15, -0.1) is 0 Å². The van der Waals surface area contributed by atoms with Crippen molar-refractivity contribution < 1.29 is 18.7 Å². The van der Waals surface area contributed by atoms with Gasteiger partial charge in [-0.3, -0.25) is 9.59 Å². The Kier molecular flexibility index (Phi) is 8.41. The van der Waals surface area contributed by atoms with Crippen molar-refractivity contribution in [1.82, 2.24) is 10.2 Å². The van der Waals surface area contributed by atoms with Gasteiger partial charge < -0.3 is 15.0 Å². The largest absolute Gasteiger partial charge is 0.484 e. The van der Waals surface area contributed by atoms with Crippen LogP contribution in [0.4, 0.5) is 4.39 Å². The number of carbonyl (C=O) groups is 2. The third-order valence-electron chi connectivity index (χ3n) is 5.17. The van der Waals surface area contributed by atoms with Crippen molar-refractivity contribution in [3.8, 4) is 5.75 Å². The van der Waals surface area contributed by atoms with Crippen LogP contribution in [0.15, 0.2) is 84.9 Å². The highest BCUT2D eigenvalue weighted by Gasteiger charge is 2.32. The second-order valence-electron chi connectivity index (χ2n) is 9.16. The van der Waals surface area contributed by atoms with Gasteiger partial charge in [-0.2, -0.15) is 0 Å². The third kappa shape index (κ3) is 7.44. The smallest absolute Gasteiger partial charge is 0.261 e. The predicted octanol–water partition coefficient (Wildman–Crippen LogP) is 4.76. The van der Waals surface area contributed by atoms with Gasteiger partial charge in [0, 0.05) is 24.1 Å². The van der Waals surface area contributed by atoms with E-state index in [2.05, 4.69) is 5.32 Å². The van der Waals surface area contributed by atoms with E-state index in [0.717, 1.165) is 5.56 Å². The molecule has 0 saturated heterocycles. The number of nitrogens with one attached hydrogen (secondary N) is 1. The fourth-order valence-electron chi connectivity index (χ4n) is 3.56. The Morgan fingerprint density at radius 2 is 1.50 bits per heavy atom. The lowest BCUT2D eigenvalue weighted by Gasteiger charge is -2.33. The van der Waals surface area contributed by atoms with E-state index in [-0.39, 0.29) is 25.5 Å². The molecule has 0 radical (unpaired) electrons. The lowest BCUT2D eigenvalue weighted by atomic mass is 10.0. The molecule has 0 unspecified atom stereocenters. The Balaban J connectivity index is 1.94. The maximum absolute atomic E-state index is 14.6. The minimum Gasteiger partial charge on any atom is -0.484 e. The summed E-state index contributed by atoms with van der Waals surface area (Å²) >= 11 is 0. The maximum Gasteiger partial charge on any atom is 0.261 e. The maximum atomic E-state index is 14.6. The average Bonchev–Trinajstić information content (AvgIpc) is 2.81. The molecule has 0 heterocycles. The molecular weight excluding hydrogens is 431 g/mol. The molecule has 0 aliphatic heterocycles. The first-order valence-electron chi connectivity index (χ1n) is 11.3. The highest BCUT2D eigenvalue weighted by atomic mass is 19.1. The summed E-state index contributed by atoms with van der Waals surface area (Å²) in [6, 6.07) is 23.9. The second kappa shape index (κ2) is 11.5. The summed E-state index contributed by atoms with van der Waals surface area (Å²) in [4.78, 5) is 28.3. The Bertz CT molecular complexity index is 1080. The molecule has 34 heavy (non-hydrogen) atoms. The van der Waals surface area contributed by atoms with Crippen LogP contribution < -0.4 is 10.1 Å². The zero-order valence-electron chi connectivity index (χ0n) is 19.8. The molecule has 1 N–H and O–H groups in total. The van der Waals surface area contributed by atoms with Gasteiger partial charge in [0.05, 0.1) is 0 Å². The van der Waals surface area contributed by atoms with E-state index in [0.29, 0.717) is 11.3 Å². The molecule has 2 amide bonds. The summed E-state index contributed by atoms with van der Waals surface area (Å²) in [5.74, 6) is -0.600. The zero-order chi connectivity index (χ0) is 24.6. The first-order chi connectivity index (χ1) is 16.2. The van der Waals surface area contributed by atoms with Crippen LogP contribution in [0.2, 0.25) is 0 Å². The van der Waals surface area contributed by atoms with Crippen molar-refractivity contribution in [3.05, 3.63) is 102 Å².